The van der Waals surface area contributed by atoms with Crippen molar-refractivity contribution in [3.63, 3.8) is 0 Å². The third kappa shape index (κ3) is 3.32. The summed E-state index contributed by atoms with van der Waals surface area (Å²) in [5.74, 6) is -0.153. The number of morpholine rings is 1. The van der Waals surface area contributed by atoms with Gasteiger partial charge in [0, 0.05) is 6.54 Å². The maximum atomic E-state index is 12.2. The molecule has 2 atom stereocenters. The van der Waals surface area contributed by atoms with Gasteiger partial charge in [-0.05, 0) is 12.5 Å². The Morgan fingerprint density at radius 2 is 2.26 bits per heavy atom. The lowest BCUT2D eigenvalue weighted by atomic mass is 9.92. The van der Waals surface area contributed by atoms with Crippen molar-refractivity contribution >= 4 is 5.91 Å². The zero-order valence-electron chi connectivity index (χ0n) is 11.1. The van der Waals surface area contributed by atoms with E-state index in [-0.39, 0.29) is 18.6 Å². The first kappa shape index (κ1) is 14.0. The van der Waals surface area contributed by atoms with Crippen LogP contribution in [-0.2, 0) is 15.1 Å². The third-order valence-electron chi connectivity index (χ3n) is 3.36. The average molecular weight is 264 g/mol. The highest BCUT2D eigenvalue weighted by Gasteiger charge is 2.31. The van der Waals surface area contributed by atoms with Gasteiger partial charge in [0.05, 0.1) is 25.4 Å². The van der Waals surface area contributed by atoms with Crippen LogP contribution in [0.4, 0.5) is 0 Å². The highest BCUT2D eigenvalue weighted by atomic mass is 16.5. The van der Waals surface area contributed by atoms with E-state index in [2.05, 4.69) is 10.6 Å². The van der Waals surface area contributed by atoms with Crippen molar-refractivity contribution in [2.75, 3.05) is 26.4 Å². The fourth-order valence-corrected chi connectivity index (χ4v) is 2.10. The minimum absolute atomic E-state index is 0.153. The van der Waals surface area contributed by atoms with Crippen LogP contribution in [0.3, 0.4) is 0 Å². The average Bonchev–Trinajstić information content (AvgIpc) is 2.49. The van der Waals surface area contributed by atoms with E-state index >= 15 is 0 Å². The fourth-order valence-electron chi connectivity index (χ4n) is 2.10. The molecule has 0 radical (unpaired) electrons. The van der Waals surface area contributed by atoms with E-state index in [0.717, 1.165) is 5.56 Å². The van der Waals surface area contributed by atoms with Gasteiger partial charge in [0.1, 0.15) is 6.04 Å². The molecule has 0 aliphatic carbocycles. The topological polar surface area (TPSA) is 70.6 Å². The van der Waals surface area contributed by atoms with Gasteiger partial charge in [-0.3, -0.25) is 4.79 Å². The highest BCUT2D eigenvalue weighted by molar-refractivity contribution is 5.83. The molecule has 1 fully saturated rings. The summed E-state index contributed by atoms with van der Waals surface area (Å²) in [4.78, 5) is 12.2. The number of hydrogen-bond donors (Lipinski definition) is 3. The van der Waals surface area contributed by atoms with Crippen molar-refractivity contribution < 1.29 is 14.6 Å². The predicted molar refractivity (Wildman–Crippen MR) is 71.6 cm³/mol. The SMILES string of the molecule is CC(CO)(NC(=O)C1COCCN1)c1ccccc1. The van der Waals surface area contributed by atoms with E-state index in [1.165, 1.54) is 0 Å². The minimum Gasteiger partial charge on any atom is -0.394 e. The molecule has 3 N–H and O–H groups in total. The summed E-state index contributed by atoms with van der Waals surface area (Å²) in [6.45, 7) is 3.31. The second-order valence-electron chi connectivity index (χ2n) is 4.93. The molecule has 1 aromatic carbocycles. The zero-order valence-corrected chi connectivity index (χ0v) is 11.1. The summed E-state index contributed by atoms with van der Waals surface area (Å²) in [7, 11) is 0. The number of benzene rings is 1. The van der Waals surface area contributed by atoms with Crippen LogP contribution in [-0.4, -0.2) is 43.4 Å². The first-order chi connectivity index (χ1) is 9.15. The number of hydrogen-bond acceptors (Lipinski definition) is 4. The Kier molecular flexibility index (Phi) is 4.52. The lowest BCUT2D eigenvalue weighted by Crippen LogP contribution is -2.56. The van der Waals surface area contributed by atoms with Crippen LogP contribution in [0.15, 0.2) is 30.3 Å². The van der Waals surface area contributed by atoms with Crippen molar-refractivity contribution in [3.05, 3.63) is 35.9 Å². The maximum absolute atomic E-state index is 12.2. The van der Waals surface area contributed by atoms with Crippen molar-refractivity contribution in [3.8, 4) is 0 Å². The Morgan fingerprint density at radius 3 is 2.84 bits per heavy atom. The Morgan fingerprint density at radius 1 is 1.53 bits per heavy atom. The first-order valence-electron chi connectivity index (χ1n) is 6.45. The molecule has 1 aliphatic rings. The number of carbonyl (C=O) groups is 1. The van der Waals surface area contributed by atoms with Crippen molar-refractivity contribution in [2.24, 2.45) is 0 Å². The number of carbonyl (C=O) groups excluding carboxylic acids is 1. The lowest BCUT2D eigenvalue weighted by Gasteiger charge is -2.32. The molecule has 1 aliphatic heterocycles. The second kappa shape index (κ2) is 6.14. The van der Waals surface area contributed by atoms with Crippen LogP contribution in [0.1, 0.15) is 12.5 Å². The summed E-state index contributed by atoms with van der Waals surface area (Å²) in [6.07, 6.45) is 0. The molecule has 1 heterocycles. The van der Waals surface area contributed by atoms with E-state index in [1.54, 1.807) is 0 Å². The van der Waals surface area contributed by atoms with Gasteiger partial charge in [0.2, 0.25) is 5.91 Å². The zero-order chi connectivity index (χ0) is 13.7. The van der Waals surface area contributed by atoms with Crippen molar-refractivity contribution in [2.45, 2.75) is 18.5 Å². The minimum atomic E-state index is -0.780. The van der Waals surface area contributed by atoms with E-state index < -0.39 is 5.54 Å². The van der Waals surface area contributed by atoms with E-state index in [1.807, 2.05) is 37.3 Å². The maximum Gasteiger partial charge on any atom is 0.240 e. The molecular formula is C14H20N2O3. The summed E-state index contributed by atoms with van der Waals surface area (Å²) in [6, 6.07) is 9.10. The van der Waals surface area contributed by atoms with Crippen molar-refractivity contribution in [1.29, 1.82) is 0 Å². The van der Waals surface area contributed by atoms with E-state index in [9.17, 15) is 9.90 Å². The van der Waals surface area contributed by atoms with Crippen LogP contribution in [0, 0.1) is 0 Å². The normalized spacial score (nSPS) is 22.5. The monoisotopic (exact) mass is 264 g/mol. The standard InChI is InChI=1S/C14H20N2O3/c1-14(10-17,11-5-3-2-4-6-11)16-13(18)12-9-19-8-7-15-12/h2-6,12,15,17H,7-10H2,1H3,(H,16,18). The number of rotatable bonds is 4. The van der Waals surface area contributed by atoms with Gasteiger partial charge in [-0.1, -0.05) is 30.3 Å². The Balaban J connectivity index is 2.07. The van der Waals surface area contributed by atoms with E-state index in [4.69, 9.17) is 4.74 Å². The molecule has 0 bridgehead atoms. The summed E-state index contributed by atoms with van der Waals surface area (Å²) < 4.78 is 5.27. The quantitative estimate of drug-likeness (QED) is 0.716. The Bertz CT molecular complexity index is 418. The molecule has 2 unspecified atom stereocenters. The van der Waals surface area contributed by atoms with Gasteiger partial charge >= 0.3 is 0 Å². The molecule has 5 heteroatoms. The van der Waals surface area contributed by atoms with Gasteiger partial charge in [-0.2, -0.15) is 0 Å². The molecule has 1 amide bonds. The molecular weight excluding hydrogens is 244 g/mol. The van der Waals surface area contributed by atoms with Gasteiger partial charge in [-0.15, -0.1) is 0 Å². The Hall–Kier alpha value is -1.43. The van der Waals surface area contributed by atoms with E-state index in [0.29, 0.717) is 19.8 Å². The van der Waals surface area contributed by atoms with Crippen LogP contribution in [0.25, 0.3) is 0 Å². The first-order valence-corrected chi connectivity index (χ1v) is 6.45. The lowest BCUT2D eigenvalue weighted by molar-refractivity contribution is -0.128. The number of aliphatic hydroxyl groups excluding tert-OH is 1. The molecule has 5 nitrogen and oxygen atoms in total. The Labute approximate surface area is 113 Å². The number of ether oxygens (including phenoxy) is 1. The highest BCUT2D eigenvalue weighted by Crippen LogP contribution is 2.20. The van der Waals surface area contributed by atoms with Crippen molar-refractivity contribution in [1.82, 2.24) is 10.6 Å². The predicted octanol–water partition coefficient (Wildman–Crippen LogP) is -0.00130. The molecule has 1 saturated heterocycles. The summed E-state index contributed by atoms with van der Waals surface area (Å²) in [5, 5.41) is 15.6. The molecule has 0 spiro atoms. The summed E-state index contributed by atoms with van der Waals surface area (Å²) >= 11 is 0. The molecule has 0 aromatic heterocycles. The van der Waals surface area contributed by atoms with Gasteiger partial charge < -0.3 is 20.5 Å². The molecule has 104 valence electrons. The fraction of sp³-hybridized carbons (Fsp3) is 0.500. The van der Waals surface area contributed by atoms with Crippen LogP contribution >= 0.6 is 0 Å². The largest absolute Gasteiger partial charge is 0.394 e. The second-order valence-corrected chi connectivity index (χ2v) is 4.93. The molecule has 1 aromatic rings. The number of amides is 1. The van der Waals surface area contributed by atoms with Crippen LogP contribution in [0.2, 0.25) is 0 Å². The van der Waals surface area contributed by atoms with Crippen LogP contribution < -0.4 is 10.6 Å². The van der Waals surface area contributed by atoms with Gasteiger partial charge in [0.15, 0.2) is 0 Å². The molecule has 0 saturated carbocycles. The number of nitrogens with one attached hydrogen (secondary N) is 2. The summed E-state index contributed by atoms with van der Waals surface area (Å²) in [5.41, 5.74) is 0.0971. The molecule has 2 rings (SSSR count). The van der Waals surface area contributed by atoms with Gasteiger partial charge in [-0.25, -0.2) is 0 Å². The molecule has 19 heavy (non-hydrogen) atoms. The number of aliphatic hydroxyl groups is 1. The van der Waals surface area contributed by atoms with Gasteiger partial charge in [0.25, 0.3) is 0 Å². The third-order valence-corrected chi connectivity index (χ3v) is 3.36. The smallest absolute Gasteiger partial charge is 0.240 e. The van der Waals surface area contributed by atoms with Crippen LogP contribution in [0.5, 0.6) is 0 Å².